The molecule has 0 aliphatic heterocycles. The van der Waals surface area contributed by atoms with Crippen LogP contribution in [0.25, 0.3) is 0 Å². The molecule has 23 heavy (non-hydrogen) atoms. The molecule has 1 aromatic heterocycles. The van der Waals surface area contributed by atoms with Crippen LogP contribution < -0.4 is 5.32 Å². The highest BCUT2D eigenvalue weighted by molar-refractivity contribution is 5.88. The van der Waals surface area contributed by atoms with Crippen molar-refractivity contribution in [2.24, 2.45) is 0 Å². The van der Waals surface area contributed by atoms with Crippen LogP contribution in [-0.2, 0) is 11.2 Å². The van der Waals surface area contributed by atoms with Gasteiger partial charge in [0.1, 0.15) is 5.76 Å². The van der Waals surface area contributed by atoms with Crippen molar-refractivity contribution in [3.05, 3.63) is 52.4 Å². The van der Waals surface area contributed by atoms with Gasteiger partial charge in [-0.1, -0.05) is 24.2 Å². The van der Waals surface area contributed by atoms with E-state index in [9.17, 15) is 9.59 Å². The van der Waals surface area contributed by atoms with Gasteiger partial charge in [-0.25, -0.2) is 4.79 Å². The van der Waals surface area contributed by atoms with Gasteiger partial charge in [0, 0.05) is 5.56 Å². The highest BCUT2D eigenvalue weighted by atomic mass is 16.5. The number of aryl methyl sites for hydroxylation is 2. The Kier molecular flexibility index (Phi) is 5.16. The molecule has 1 atom stereocenters. The molecular formula is C17H20N2O4. The van der Waals surface area contributed by atoms with Gasteiger partial charge in [0.25, 0.3) is 0 Å². The van der Waals surface area contributed by atoms with Gasteiger partial charge in [0.05, 0.1) is 23.7 Å². The number of nitrogens with zero attached hydrogens (tertiary/aromatic N) is 1. The Balaban J connectivity index is 2.09. The highest BCUT2D eigenvalue weighted by Gasteiger charge is 2.21. The second-order valence-corrected chi connectivity index (χ2v) is 5.45. The van der Waals surface area contributed by atoms with E-state index in [4.69, 9.17) is 9.63 Å². The minimum absolute atomic E-state index is 0.126. The number of amides is 1. The monoisotopic (exact) mass is 316 g/mol. The second-order valence-electron chi connectivity index (χ2n) is 5.45. The molecule has 0 radical (unpaired) electrons. The van der Waals surface area contributed by atoms with Crippen LogP contribution in [0.15, 0.2) is 28.8 Å². The number of rotatable bonds is 6. The Bertz CT molecular complexity index is 702. The minimum Gasteiger partial charge on any atom is -0.478 e. The number of nitrogens with one attached hydrogen (secondary N) is 1. The summed E-state index contributed by atoms with van der Waals surface area (Å²) in [6.07, 6.45) is 0.838. The van der Waals surface area contributed by atoms with Gasteiger partial charge in [-0.3, -0.25) is 4.79 Å². The molecule has 1 aromatic carbocycles. The number of carboxylic acid groups (broad SMARTS) is 1. The van der Waals surface area contributed by atoms with Crippen molar-refractivity contribution in [2.75, 3.05) is 0 Å². The Morgan fingerprint density at radius 3 is 2.65 bits per heavy atom. The topological polar surface area (TPSA) is 92.4 Å². The maximum Gasteiger partial charge on any atom is 0.335 e. The van der Waals surface area contributed by atoms with Crippen LogP contribution in [0.1, 0.15) is 52.3 Å². The van der Waals surface area contributed by atoms with Gasteiger partial charge in [-0.2, -0.15) is 0 Å². The zero-order chi connectivity index (χ0) is 17.0. The van der Waals surface area contributed by atoms with E-state index in [1.165, 1.54) is 12.1 Å². The number of aromatic carboxylic acids is 1. The van der Waals surface area contributed by atoms with Crippen LogP contribution in [0, 0.1) is 13.8 Å². The van der Waals surface area contributed by atoms with Crippen molar-refractivity contribution in [3.63, 3.8) is 0 Å². The normalized spacial score (nSPS) is 12.0. The van der Waals surface area contributed by atoms with E-state index in [0.29, 0.717) is 17.7 Å². The lowest BCUT2D eigenvalue weighted by molar-refractivity contribution is -0.121. The van der Waals surface area contributed by atoms with Gasteiger partial charge in [0.2, 0.25) is 5.91 Å². The lowest BCUT2D eigenvalue weighted by atomic mass is 10.0. The van der Waals surface area contributed by atoms with Gasteiger partial charge in [-0.05, 0) is 38.0 Å². The number of benzene rings is 1. The molecule has 6 heteroatoms. The largest absolute Gasteiger partial charge is 0.478 e. The number of carboxylic acids is 1. The summed E-state index contributed by atoms with van der Waals surface area (Å²) in [4.78, 5) is 23.2. The molecule has 0 spiro atoms. The SMILES string of the molecule is CCC(NC(=O)Cc1cccc(C(=O)O)c1)c1c(C)noc1C. The highest BCUT2D eigenvalue weighted by Crippen LogP contribution is 2.24. The van der Waals surface area contributed by atoms with Crippen molar-refractivity contribution < 1.29 is 19.2 Å². The molecule has 0 bridgehead atoms. The first-order valence-corrected chi connectivity index (χ1v) is 7.46. The fourth-order valence-corrected chi connectivity index (χ4v) is 2.61. The van der Waals surface area contributed by atoms with Gasteiger partial charge in [-0.15, -0.1) is 0 Å². The molecule has 2 N–H and O–H groups in total. The first-order valence-electron chi connectivity index (χ1n) is 7.46. The van der Waals surface area contributed by atoms with Gasteiger partial charge >= 0.3 is 5.97 Å². The van der Waals surface area contributed by atoms with E-state index in [0.717, 1.165) is 11.3 Å². The molecule has 0 aliphatic rings. The Morgan fingerprint density at radius 2 is 2.09 bits per heavy atom. The van der Waals surface area contributed by atoms with Crippen LogP contribution in [-0.4, -0.2) is 22.1 Å². The maximum absolute atomic E-state index is 12.3. The molecule has 0 saturated heterocycles. The van der Waals surface area contributed by atoms with E-state index in [2.05, 4.69) is 10.5 Å². The zero-order valence-corrected chi connectivity index (χ0v) is 13.4. The van der Waals surface area contributed by atoms with Crippen molar-refractivity contribution in [3.8, 4) is 0 Å². The van der Waals surface area contributed by atoms with Crippen LogP contribution in [0.4, 0.5) is 0 Å². The molecule has 1 unspecified atom stereocenters. The van der Waals surface area contributed by atoms with Crippen LogP contribution in [0.5, 0.6) is 0 Å². The number of carbonyl (C=O) groups excluding carboxylic acids is 1. The third-order valence-corrected chi connectivity index (χ3v) is 3.72. The summed E-state index contributed by atoms with van der Waals surface area (Å²) < 4.78 is 5.15. The van der Waals surface area contributed by atoms with Crippen LogP contribution >= 0.6 is 0 Å². The molecule has 6 nitrogen and oxygen atoms in total. The molecule has 0 saturated carbocycles. The van der Waals surface area contributed by atoms with E-state index >= 15 is 0 Å². The van der Waals surface area contributed by atoms with Gasteiger partial charge < -0.3 is 14.9 Å². The van der Waals surface area contributed by atoms with Crippen LogP contribution in [0.3, 0.4) is 0 Å². The average molecular weight is 316 g/mol. The summed E-state index contributed by atoms with van der Waals surface area (Å²) in [6, 6.07) is 6.22. The molecule has 1 heterocycles. The number of carbonyl (C=O) groups is 2. The standard InChI is InChI=1S/C17H20N2O4/c1-4-14(16-10(2)19-23-11(16)3)18-15(20)9-12-6-5-7-13(8-12)17(21)22/h5-8,14H,4,9H2,1-3H3,(H,18,20)(H,21,22). The van der Waals surface area contributed by atoms with Crippen molar-refractivity contribution in [2.45, 2.75) is 39.7 Å². The van der Waals surface area contributed by atoms with Crippen molar-refractivity contribution >= 4 is 11.9 Å². The number of hydrogen-bond donors (Lipinski definition) is 2. The minimum atomic E-state index is -1.01. The molecule has 0 fully saturated rings. The van der Waals surface area contributed by atoms with Crippen molar-refractivity contribution in [1.29, 1.82) is 0 Å². The average Bonchev–Trinajstić information content (AvgIpc) is 2.84. The number of hydrogen-bond acceptors (Lipinski definition) is 4. The number of aromatic nitrogens is 1. The van der Waals surface area contributed by atoms with Crippen molar-refractivity contribution in [1.82, 2.24) is 10.5 Å². The molecule has 2 rings (SSSR count). The Hall–Kier alpha value is -2.63. The first-order chi connectivity index (χ1) is 10.9. The second kappa shape index (κ2) is 7.09. The van der Waals surface area contributed by atoms with Gasteiger partial charge in [0.15, 0.2) is 0 Å². The Morgan fingerprint density at radius 1 is 1.35 bits per heavy atom. The fraction of sp³-hybridized carbons (Fsp3) is 0.353. The predicted molar refractivity (Wildman–Crippen MR) is 84.3 cm³/mol. The van der Waals surface area contributed by atoms with E-state index in [-0.39, 0.29) is 23.9 Å². The first kappa shape index (κ1) is 16.7. The quantitative estimate of drug-likeness (QED) is 0.855. The zero-order valence-electron chi connectivity index (χ0n) is 13.4. The summed E-state index contributed by atoms with van der Waals surface area (Å²) in [6.45, 7) is 5.64. The summed E-state index contributed by atoms with van der Waals surface area (Å²) in [5, 5.41) is 15.9. The third kappa shape index (κ3) is 3.97. The lowest BCUT2D eigenvalue weighted by Crippen LogP contribution is -2.30. The third-order valence-electron chi connectivity index (χ3n) is 3.72. The molecule has 1 amide bonds. The molecule has 2 aromatic rings. The van der Waals surface area contributed by atoms with E-state index in [1.54, 1.807) is 12.1 Å². The van der Waals surface area contributed by atoms with E-state index in [1.807, 2.05) is 20.8 Å². The smallest absolute Gasteiger partial charge is 0.335 e. The lowest BCUT2D eigenvalue weighted by Gasteiger charge is -2.17. The van der Waals surface area contributed by atoms with Crippen LogP contribution in [0.2, 0.25) is 0 Å². The summed E-state index contributed by atoms with van der Waals surface area (Å²) in [5.41, 5.74) is 2.51. The summed E-state index contributed by atoms with van der Waals surface area (Å²) >= 11 is 0. The fourth-order valence-electron chi connectivity index (χ4n) is 2.61. The molecule has 0 aliphatic carbocycles. The maximum atomic E-state index is 12.3. The summed E-state index contributed by atoms with van der Waals surface area (Å²) in [5.74, 6) is -0.476. The molecule has 122 valence electrons. The summed E-state index contributed by atoms with van der Waals surface area (Å²) in [7, 11) is 0. The molecular weight excluding hydrogens is 296 g/mol. The Labute approximate surface area is 134 Å². The van der Waals surface area contributed by atoms with E-state index < -0.39 is 5.97 Å². The predicted octanol–water partition coefficient (Wildman–Crippen LogP) is 2.80.